The fraction of sp³-hybridized carbons (Fsp3) is 0.125. The second kappa shape index (κ2) is 3.08. The summed E-state index contributed by atoms with van der Waals surface area (Å²) in [5.74, 6) is 0. The molecule has 0 fully saturated rings. The van der Waals surface area contributed by atoms with Crippen molar-refractivity contribution >= 4 is 4.40 Å². The minimum absolute atomic E-state index is 1.33. The molecule has 0 heterocycles. The van der Waals surface area contributed by atoms with E-state index in [9.17, 15) is 0 Å². The van der Waals surface area contributed by atoms with Crippen LogP contribution < -0.4 is 0 Å². The Morgan fingerprint density at radius 1 is 1.22 bits per heavy atom. The summed E-state index contributed by atoms with van der Waals surface area (Å²) in [6.07, 6.45) is 0. The molecule has 0 saturated carbocycles. The number of hydrogen-bond acceptors (Lipinski definition) is 0. The van der Waals surface area contributed by atoms with E-state index in [-0.39, 0.29) is 0 Å². The first-order chi connectivity index (χ1) is 4.33. The zero-order chi connectivity index (χ0) is 6.69. The van der Waals surface area contributed by atoms with Crippen LogP contribution in [0.2, 0.25) is 0 Å². The molecule has 1 aromatic carbocycles. The van der Waals surface area contributed by atoms with Gasteiger partial charge in [0.1, 0.15) is 0 Å². The topological polar surface area (TPSA) is 0 Å². The van der Waals surface area contributed by atoms with E-state index in [0.717, 1.165) is 0 Å². The van der Waals surface area contributed by atoms with E-state index in [1.165, 1.54) is 30.5 Å². The van der Waals surface area contributed by atoms with E-state index >= 15 is 0 Å². The summed E-state index contributed by atoms with van der Waals surface area (Å²) in [5, 5.41) is 0. The van der Waals surface area contributed by atoms with Crippen molar-refractivity contribution < 1.29 is 19.4 Å². The van der Waals surface area contributed by atoms with E-state index in [2.05, 4.69) is 35.6 Å². The predicted octanol–water partition coefficient (Wildman–Crippen LogP) is 1.69. The molecule has 0 unspecified atom stereocenters. The fourth-order valence-corrected chi connectivity index (χ4v) is 1.21. The average molecular weight is 288 g/mol. The van der Waals surface area contributed by atoms with Crippen molar-refractivity contribution in [3.63, 3.8) is 0 Å². The average Bonchev–Trinajstić information content (AvgIpc) is 1.90. The van der Waals surface area contributed by atoms with E-state index in [0.29, 0.717) is 0 Å². The molecule has 46 valence electrons. The van der Waals surface area contributed by atoms with Crippen LogP contribution in [0.15, 0.2) is 24.3 Å². The first kappa shape index (κ1) is 6.89. The van der Waals surface area contributed by atoms with Crippen molar-refractivity contribution in [3.05, 3.63) is 35.4 Å². The Kier molecular flexibility index (Phi) is 2.36. The third-order valence-electron chi connectivity index (χ3n) is 1.21. The van der Waals surface area contributed by atoms with Gasteiger partial charge in [-0.2, -0.15) is 0 Å². The van der Waals surface area contributed by atoms with Crippen LogP contribution in [0.3, 0.4) is 0 Å². The van der Waals surface area contributed by atoms with E-state index < -0.39 is 0 Å². The Balaban J connectivity index is 3.01. The summed E-state index contributed by atoms with van der Waals surface area (Å²) < 4.78 is 2.18. The van der Waals surface area contributed by atoms with Crippen molar-refractivity contribution in [2.45, 2.75) is 6.92 Å². The first-order valence-corrected chi connectivity index (χ1v) is 4.54. The molecule has 0 bridgehead atoms. The molecule has 0 nitrogen and oxygen atoms in total. The van der Waals surface area contributed by atoms with Crippen LogP contribution in [0.25, 0.3) is 0 Å². The van der Waals surface area contributed by atoms with E-state index in [4.69, 9.17) is 0 Å². The number of benzene rings is 1. The van der Waals surface area contributed by atoms with Gasteiger partial charge >= 0.3 is 66.1 Å². The van der Waals surface area contributed by atoms with Gasteiger partial charge in [-0.25, -0.2) is 0 Å². The zero-order valence-electron chi connectivity index (χ0n) is 5.29. The molecule has 0 aliphatic heterocycles. The SMILES string of the molecule is Cc1ccc([CH]=[W])cc1. The molecule has 0 aliphatic carbocycles. The van der Waals surface area contributed by atoms with Crippen molar-refractivity contribution in [1.29, 1.82) is 0 Å². The van der Waals surface area contributed by atoms with Gasteiger partial charge < -0.3 is 0 Å². The Morgan fingerprint density at radius 3 is 2.22 bits per heavy atom. The summed E-state index contributed by atoms with van der Waals surface area (Å²) in [6.45, 7) is 2.10. The molecule has 9 heavy (non-hydrogen) atoms. The molecular formula is C8H8W. The number of aryl methyl sites for hydroxylation is 1. The number of rotatable bonds is 1. The Hall–Kier alpha value is -0.222. The van der Waals surface area contributed by atoms with Crippen LogP contribution in [0.1, 0.15) is 11.1 Å². The third kappa shape index (κ3) is 1.87. The molecule has 1 rings (SSSR count). The second-order valence-corrected chi connectivity index (χ2v) is 2.88. The van der Waals surface area contributed by atoms with Crippen LogP contribution in [-0.4, -0.2) is 4.40 Å². The maximum absolute atomic E-state index is 2.18. The van der Waals surface area contributed by atoms with Crippen molar-refractivity contribution in [1.82, 2.24) is 0 Å². The van der Waals surface area contributed by atoms with E-state index in [1.807, 2.05) is 0 Å². The summed E-state index contributed by atoms with van der Waals surface area (Å²) in [4.78, 5) is 0. The summed E-state index contributed by atoms with van der Waals surface area (Å²) in [5.41, 5.74) is 2.66. The third-order valence-corrected chi connectivity index (χ3v) is 2.19. The molecule has 0 radical (unpaired) electrons. The molecule has 1 heteroatoms. The van der Waals surface area contributed by atoms with Crippen molar-refractivity contribution in [2.24, 2.45) is 0 Å². The molecule has 0 spiro atoms. The minimum atomic E-state index is 1.33. The fourth-order valence-electron chi connectivity index (χ4n) is 0.645. The normalized spacial score (nSPS) is 9.00. The monoisotopic (exact) mass is 288 g/mol. The maximum atomic E-state index is 2.18. The van der Waals surface area contributed by atoms with Gasteiger partial charge in [0.25, 0.3) is 0 Å². The number of hydrogen-bond donors (Lipinski definition) is 0. The van der Waals surface area contributed by atoms with Crippen LogP contribution in [0, 0.1) is 6.92 Å². The van der Waals surface area contributed by atoms with Crippen LogP contribution in [0.5, 0.6) is 0 Å². The first-order valence-electron chi connectivity index (χ1n) is 2.85. The van der Waals surface area contributed by atoms with Crippen LogP contribution in [0.4, 0.5) is 0 Å². The van der Waals surface area contributed by atoms with Gasteiger partial charge in [-0.1, -0.05) is 0 Å². The summed E-state index contributed by atoms with van der Waals surface area (Å²) in [7, 11) is 0. The quantitative estimate of drug-likeness (QED) is 0.738. The molecule has 0 aromatic heterocycles. The van der Waals surface area contributed by atoms with Crippen molar-refractivity contribution in [3.8, 4) is 0 Å². The van der Waals surface area contributed by atoms with E-state index in [1.54, 1.807) is 0 Å². The molecule has 1 aromatic rings. The summed E-state index contributed by atoms with van der Waals surface area (Å²) in [6, 6.07) is 8.55. The molecule has 0 atom stereocenters. The molecule has 0 amide bonds. The molecule has 0 N–H and O–H groups in total. The van der Waals surface area contributed by atoms with Gasteiger partial charge in [-0.15, -0.1) is 0 Å². The van der Waals surface area contributed by atoms with Crippen LogP contribution >= 0.6 is 0 Å². The van der Waals surface area contributed by atoms with Gasteiger partial charge in [-0.3, -0.25) is 0 Å². The van der Waals surface area contributed by atoms with Gasteiger partial charge in [0.2, 0.25) is 0 Å². The molecule has 0 saturated heterocycles. The zero-order valence-corrected chi connectivity index (χ0v) is 8.23. The molecule has 0 aliphatic rings. The van der Waals surface area contributed by atoms with Gasteiger partial charge in [0.15, 0.2) is 0 Å². The Labute approximate surface area is 66.3 Å². The molecular weight excluding hydrogens is 280 g/mol. The Morgan fingerprint density at radius 2 is 1.78 bits per heavy atom. The Bertz CT molecular complexity index is 198. The second-order valence-electron chi connectivity index (χ2n) is 2.03. The van der Waals surface area contributed by atoms with Gasteiger partial charge in [-0.05, 0) is 0 Å². The van der Waals surface area contributed by atoms with Gasteiger partial charge in [0.05, 0.1) is 0 Å². The predicted molar refractivity (Wildman–Crippen MR) is 36.3 cm³/mol. The van der Waals surface area contributed by atoms with Crippen LogP contribution in [-0.2, 0) is 19.4 Å². The standard InChI is InChI=1S/C8H8.W/c1-7-3-5-8(2)6-4-7;/h1,3-6H,2H3;. The summed E-state index contributed by atoms with van der Waals surface area (Å²) >= 11 is 1.51. The van der Waals surface area contributed by atoms with Gasteiger partial charge in [0, 0.05) is 0 Å². The van der Waals surface area contributed by atoms with Crippen molar-refractivity contribution in [2.75, 3.05) is 0 Å².